The number of benzene rings is 2. The summed E-state index contributed by atoms with van der Waals surface area (Å²) in [5.74, 6) is 0.628. The Labute approximate surface area is 183 Å². The predicted molar refractivity (Wildman–Crippen MR) is 121 cm³/mol. The van der Waals surface area contributed by atoms with E-state index in [4.69, 9.17) is 9.47 Å². The van der Waals surface area contributed by atoms with Gasteiger partial charge in [0.2, 0.25) is 15.9 Å². The highest BCUT2D eigenvalue weighted by molar-refractivity contribution is 7.89. The van der Waals surface area contributed by atoms with Crippen molar-refractivity contribution in [2.24, 2.45) is 0 Å². The maximum absolute atomic E-state index is 13.0. The number of hydrogen-bond donors (Lipinski definition) is 1. The van der Waals surface area contributed by atoms with Gasteiger partial charge in [0.05, 0.1) is 24.8 Å². The Bertz CT molecular complexity index is 1070. The number of amides is 1. The Hall–Kier alpha value is -2.84. The monoisotopic (exact) mass is 444 g/mol. The molecule has 0 bridgehead atoms. The zero-order valence-electron chi connectivity index (χ0n) is 18.1. The van der Waals surface area contributed by atoms with Gasteiger partial charge in [-0.1, -0.05) is 18.1 Å². The summed E-state index contributed by atoms with van der Waals surface area (Å²) >= 11 is 0. The largest absolute Gasteiger partial charge is 0.496 e. The molecule has 1 aliphatic rings. The van der Waals surface area contributed by atoms with Gasteiger partial charge in [-0.15, -0.1) is 0 Å². The maximum Gasteiger partial charge on any atom is 0.248 e. The number of methoxy groups -OCH3 is 2. The van der Waals surface area contributed by atoms with Gasteiger partial charge in [0.25, 0.3) is 0 Å². The van der Waals surface area contributed by atoms with E-state index in [0.29, 0.717) is 30.3 Å². The highest BCUT2D eigenvalue weighted by Gasteiger charge is 2.26. The summed E-state index contributed by atoms with van der Waals surface area (Å²) in [7, 11) is -0.582. The third-order valence-electron chi connectivity index (χ3n) is 5.18. The van der Waals surface area contributed by atoms with Crippen molar-refractivity contribution in [3.63, 3.8) is 0 Å². The standard InChI is InChI=1S/C23H28N2O5S/c1-17-7-10-21(29-2)18(15-17)8-12-23(26)24-20-16-19(9-11-22(20)30-3)31(27,28)25-13-5-4-6-14-25/h7-12,15-16H,4-6,13-14H2,1-3H3,(H,24,26)/b12-8+. The van der Waals surface area contributed by atoms with Crippen LogP contribution in [-0.4, -0.2) is 45.9 Å². The number of nitrogens with zero attached hydrogens (tertiary/aromatic N) is 1. The van der Waals surface area contributed by atoms with Crippen molar-refractivity contribution in [3.8, 4) is 11.5 Å². The molecule has 1 aliphatic heterocycles. The van der Waals surface area contributed by atoms with Crippen molar-refractivity contribution >= 4 is 27.7 Å². The first-order valence-corrected chi connectivity index (χ1v) is 11.6. The zero-order valence-corrected chi connectivity index (χ0v) is 18.9. The molecule has 2 aromatic carbocycles. The van der Waals surface area contributed by atoms with Gasteiger partial charge < -0.3 is 14.8 Å². The number of ether oxygens (including phenoxy) is 2. The van der Waals surface area contributed by atoms with E-state index in [-0.39, 0.29) is 4.90 Å². The second-order valence-corrected chi connectivity index (χ2v) is 9.33. The molecule has 0 saturated carbocycles. The third-order valence-corrected chi connectivity index (χ3v) is 7.08. The summed E-state index contributed by atoms with van der Waals surface area (Å²) in [5, 5.41) is 2.72. The molecule has 31 heavy (non-hydrogen) atoms. The van der Waals surface area contributed by atoms with E-state index >= 15 is 0 Å². The number of anilines is 1. The Balaban J connectivity index is 1.83. The Morgan fingerprint density at radius 2 is 1.68 bits per heavy atom. The molecule has 3 rings (SSSR count). The Morgan fingerprint density at radius 1 is 1.00 bits per heavy atom. The fourth-order valence-electron chi connectivity index (χ4n) is 3.52. The number of carbonyl (C=O) groups excluding carboxylic acids is 1. The SMILES string of the molecule is COc1ccc(C)cc1/C=C/C(=O)Nc1cc(S(=O)(=O)N2CCCCC2)ccc1OC. The predicted octanol–water partition coefficient (Wildman–Crippen LogP) is 3.84. The van der Waals surface area contributed by atoms with Crippen LogP contribution in [0.3, 0.4) is 0 Å². The Kier molecular flexibility index (Phi) is 7.35. The average molecular weight is 445 g/mol. The van der Waals surface area contributed by atoms with Crippen LogP contribution in [0.25, 0.3) is 6.08 Å². The minimum Gasteiger partial charge on any atom is -0.496 e. The summed E-state index contributed by atoms with van der Waals surface area (Å²) in [6, 6.07) is 10.2. The van der Waals surface area contributed by atoms with Crippen LogP contribution in [0.2, 0.25) is 0 Å². The van der Waals surface area contributed by atoms with Crippen molar-refractivity contribution in [1.82, 2.24) is 4.31 Å². The molecule has 1 heterocycles. The van der Waals surface area contributed by atoms with Gasteiger partial charge in [0.15, 0.2) is 0 Å². The molecule has 0 radical (unpaired) electrons. The summed E-state index contributed by atoms with van der Waals surface area (Å²) in [6.45, 7) is 2.98. The van der Waals surface area contributed by atoms with Crippen LogP contribution in [0.5, 0.6) is 11.5 Å². The summed E-state index contributed by atoms with van der Waals surface area (Å²) in [5.41, 5.74) is 2.11. The number of nitrogens with one attached hydrogen (secondary N) is 1. The molecule has 0 aromatic heterocycles. The van der Waals surface area contributed by atoms with Crippen molar-refractivity contribution in [1.29, 1.82) is 0 Å². The molecule has 1 amide bonds. The second kappa shape index (κ2) is 9.98. The molecule has 1 N–H and O–H groups in total. The van der Waals surface area contributed by atoms with Crippen LogP contribution in [0.15, 0.2) is 47.4 Å². The molecule has 1 fully saturated rings. The smallest absolute Gasteiger partial charge is 0.248 e. The lowest BCUT2D eigenvalue weighted by molar-refractivity contribution is -0.111. The first-order chi connectivity index (χ1) is 14.8. The molecule has 8 heteroatoms. The summed E-state index contributed by atoms with van der Waals surface area (Å²) in [6.07, 6.45) is 5.77. The number of rotatable bonds is 7. The minimum absolute atomic E-state index is 0.134. The van der Waals surface area contributed by atoms with Gasteiger partial charge in [0.1, 0.15) is 11.5 Å². The number of piperidine rings is 1. The zero-order chi connectivity index (χ0) is 22.4. The molecule has 7 nitrogen and oxygen atoms in total. The lowest BCUT2D eigenvalue weighted by Gasteiger charge is -2.26. The number of hydrogen-bond acceptors (Lipinski definition) is 5. The van der Waals surface area contributed by atoms with Crippen LogP contribution in [-0.2, 0) is 14.8 Å². The van der Waals surface area contributed by atoms with E-state index in [0.717, 1.165) is 30.4 Å². The summed E-state index contributed by atoms with van der Waals surface area (Å²) in [4.78, 5) is 12.7. The quantitative estimate of drug-likeness (QED) is 0.656. The molecule has 2 aromatic rings. The van der Waals surface area contributed by atoms with Gasteiger partial charge in [-0.25, -0.2) is 8.42 Å². The van der Waals surface area contributed by atoms with Gasteiger partial charge in [-0.05, 0) is 56.2 Å². The van der Waals surface area contributed by atoms with Gasteiger partial charge in [-0.3, -0.25) is 4.79 Å². The fourth-order valence-corrected chi connectivity index (χ4v) is 5.07. The molecule has 0 spiro atoms. The lowest BCUT2D eigenvalue weighted by Crippen LogP contribution is -2.35. The highest BCUT2D eigenvalue weighted by Crippen LogP contribution is 2.30. The van der Waals surface area contributed by atoms with Crippen LogP contribution < -0.4 is 14.8 Å². The first-order valence-electron chi connectivity index (χ1n) is 10.2. The minimum atomic E-state index is -3.62. The van der Waals surface area contributed by atoms with Gasteiger partial charge in [0, 0.05) is 24.7 Å². The van der Waals surface area contributed by atoms with E-state index < -0.39 is 15.9 Å². The highest BCUT2D eigenvalue weighted by atomic mass is 32.2. The topological polar surface area (TPSA) is 84.9 Å². The molecule has 0 atom stereocenters. The third kappa shape index (κ3) is 5.45. The molecule has 166 valence electrons. The number of carbonyl (C=O) groups is 1. The molecular weight excluding hydrogens is 416 g/mol. The Morgan fingerprint density at radius 3 is 2.35 bits per heavy atom. The van der Waals surface area contributed by atoms with E-state index in [1.807, 2.05) is 25.1 Å². The van der Waals surface area contributed by atoms with Crippen molar-refractivity contribution in [3.05, 3.63) is 53.6 Å². The van der Waals surface area contributed by atoms with E-state index in [1.54, 1.807) is 19.3 Å². The second-order valence-electron chi connectivity index (χ2n) is 7.39. The van der Waals surface area contributed by atoms with Crippen LogP contribution in [0.1, 0.15) is 30.4 Å². The van der Waals surface area contributed by atoms with E-state index in [1.165, 1.54) is 29.6 Å². The number of aryl methyl sites for hydroxylation is 1. The van der Waals surface area contributed by atoms with Crippen molar-refractivity contribution < 1.29 is 22.7 Å². The molecular formula is C23H28N2O5S. The average Bonchev–Trinajstić information content (AvgIpc) is 2.78. The number of sulfonamides is 1. The van der Waals surface area contributed by atoms with Gasteiger partial charge >= 0.3 is 0 Å². The summed E-state index contributed by atoms with van der Waals surface area (Å²) < 4.78 is 38.1. The maximum atomic E-state index is 13.0. The van der Waals surface area contributed by atoms with Crippen LogP contribution in [0.4, 0.5) is 5.69 Å². The molecule has 0 unspecified atom stereocenters. The van der Waals surface area contributed by atoms with E-state index in [2.05, 4.69) is 5.32 Å². The molecule has 1 saturated heterocycles. The van der Waals surface area contributed by atoms with Crippen molar-refractivity contribution in [2.45, 2.75) is 31.1 Å². The first kappa shape index (κ1) is 22.8. The van der Waals surface area contributed by atoms with E-state index in [9.17, 15) is 13.2 Å². The normalized spacial score (nSPS) is 15.1. The van der Waals surface area contributed by atoms with Gasteiger partial charge in [-0.2, -0.15) is 4.31 Å². The van der Waals surface area contributed by atoms with Crippen LogP contribution >= 0.6 is 0 Å². The molecule has 0 aliphatic carbocycles. The van der Waals surface area contributed by atoms with Crippen molar-refractivity contribution in [2.75, 3.05) is 32.6 Å². The fraction of sp³-hybridized carbons (Fsp3) is 0.348. The lowest BCUT2D eigenvalue weighted by atomic mass is 10.1. The van der Waals surface area contributed by atoms with Crippen LogP contribution in [0, 0.1) is 6.92 Å².